The maximum atomic E-state index is 2.45. The standard InChI is InChI=1S/C52H48BN/c1-8-54-49-25-21-43(32-47(49)48-33-44(22-26-50(48)54)46(42-17-13-10-14-18-42)31-40-15-11-9-12-16-40)41-19-23-45(24-20-41)53(51-36(4)27-34(2)28-37(51)5)52-38(6)29-35(3)30-39(52)7/h9-33H,8H2,1-7H3/b46-31+. The molecule has 54 heavy (non-hydrogen) atoms. The van der Waals surface area contributed by atoms with Crippen molar-refractivity contribution in [2.24, 2.45) is 0 Å². The summed E-state index contributed by atoms with van der Waals surface area (Å²) >= 11 is 0. The van der Waals surface area contributed by atoms with Gasteiger partial charge in [-0.15, -0.1) is 0 Å². The Kier molecular flexibility index (Phi) is 9.46. The summed E-state index contributed by atoms with van der Waals surface area (Å²) < 4.78 is 2.45. The van der Waals surface area contributed by atoms with Gasteiger partial charge in [0.25, 0.3) is 0 Å². The fraction of sp³-hybridized carbons (Fsp3) is 0.154. The van der Waals surface area contributed by atoms with Crippen molar-refractivity contribution in [1.82, 2.24) is 4.57 Å². The summed E-state index contributed by atoms with van der Waals surface area (Å²) in [4.78, 5) is 0. The largest absolute Gasteiger partial charge is 0.341 e. The molecule has 0 amide bonds. The monoisotopic (exact) mass is 697 g/mol. The second-order valence-corrected chi connectivity index (χ2v) is 15.2. The van der Waals surface area contributed by atoms with Gasteiger partial charge in [0.2, 0.25) is 6.71 Å². The van der Waals surface area contributed by atoms with E-state index in [1.807, 2.05) is 0 Å². The van der Waals surface area contributed by atoms with Gasteiger partial charge in [-0.2, -0.15) is 0 Å². The molecule has 0 atom stereocenters. The topological polar surface area (TPSA) is 4.93 Å². The summed E-state index contributed by atoms with van der Waals surface area (Å²) in [6.07, 6.45) is 2.31. The van der Waals surface area contributed by atoms with Gasteiger partial charge in [0, 0.05) is 28.4 Å². The number of rotatable bonds is 8. The van der Waals surface area contributed by atoms with Gasteiger partial charge in [0.05, 0.1) is 0 Å². The van der Waals surface area contributed by atoms with Crippen LogP contribution < -0.4 is 16.4 Å². The Bertz CT molecular complexity index is 2570. The first-order valence-electron chi connectivity index (χ1n) is 19.3. The normalized spacial score (nSPS) is 11.8. The molecule has 0 bridgehead atoms. The molecule has 0 saturated carbocycles. The highest BCUT2D eigenvalue weighted by atomic mass is 15.0. The van der Waals surface area contributed by atoms with Crippen molar-refractivity contribution in [1.29, 1.82) is 0 Å². The molecular weight excluding hydrogens is 649 g/mol. The van der Waals surface area contributed by atoms with E-state index in [4.69, 9.17) is 0 Å². The number of aryl methyl sites for hydroxylation is 7. The molecule has 0 fully saturated rings. The highest BCUT2D eigenvalue weighted by Gasteiger charge is 2.28. The Morgan fingerprint density at radius 3 is 1.56 bits per heavy atom. The van der Waals surface area contributed by atoms with E-state index >= 15 is 0 Å². The zero-order valence-electron chi connectivity index (χ0n) is 32.7. The molecule has 1 nitrogen and oxygen atoms in total. The number of aromatic nitrogens is 1. The van der Waals surface area contributed by atoms with Crippen LogP contribution in [0.15, 0.2) is 146 Å². The number of hydrogen-bond acceptors (Lipinski definition) is 0. The van der Waals surface area contributed by atoms with Crippen LogP contribution in [0.3, 0.4) is 0 Å². The minimum atomic E-state index is 0.159. The van der Waals surface area contributed by atoms with Crippen LogP contribution >= 0.6 is 0 Å². The predicted molar refractivity (Wildman–Crippen MR) is 236 cm³/mol. The van der Waals surface area contributed by atoms with Gasteiger partial charge in [0.15, 0.2) is 0 Å². The molecule has 7 aromatic carbocycles. The molecule has 0 saturated heterocycles. The highest BCUT2D eigenvalue weighted by Crippen LogP contribution is 2.36. The molecule has 8 rings (SSSR count). The van der Waals surface area contributed by atoms with Crippen LogP contribution in [-0.4, -0.2) is 11.3 Å². The van der Waals surface area contributed by atoms with Crippen LogP contribution in [0.4, 0.5) is 0 Å². The molecule has 264 valence electrons. The molecule has 0 radical (unpaired) electrons. The molecule has 0 aliphatic heterocycles. The lowest BCUT2D eigenvalue weighted by molar-refractivity contribution is 0.827. The molecule has 1 heterocycles. The highest BCUT2D eigenvalue weighted by molar-refractivity contribution is 6.96. The molecule has 0 aliphatic rings. The van der Waals surface area contributed by atoms with Gasteiger partial charge < -0.3 is 4.57 Å². The summed E-state index contributed by atoms with van der Waals surface area (Å²) in [5, 5.41) is 2.57. The zero-order chi connectivity index (χ0) is 37.5. The van der Waals surface area contributed by atoms with Crippen molar-refractivity contribution in [3.63, 3.8) is 0 Å². The van der Waals surface area contributed by atoms with Crippen molar-refractivity contribution in [2.45, 2.75) is 55.0 Å². The average Bonchev–Trinajstić information content (AvgIpc) is 3.48. The zero-order valence-corrected chi connectivity index (χ0v) is 32.7. The lowest BCUT2D eigenvalue weighted by Crippen LogP contribution is -2.55. The Hall–Kier alpha value is -5.86. The Morgan fingerprint density at radius 1 is 0.500 bits per heavy atom. The first-order chi connectivity index (χ1) is 26.2. The fourth-order valence-corrected chi connectivity index (χ4v) is 9.10. The lowest BCUT2D eigenvalue weighted by Gasteiger charge is -2.24. The van der Waals surface area contributed by atoms with E-state index in [-0.39, 0.29) is 6.71 Å². The molecule has 0 N–H and O–H groups in total. The first-order valence-corrected chi connectivity index (χ1v) is 19.3. The third-order valence-electron chi connectivity index (χ3n) is 11.3. The minimum absolute atomic E-state index is 0.159. The van der Waals surface area contributed by atoms with Crippen molar-refractivity contribution < 1.29 is 0 Å². The Morgan fingerprint density at radius 2 is 1.00 bits per heavy atom. The number of hydrogen-bond donors (Lipinski definition) is 0. The third kappa shape index (κ3) is 6.52. The van der Waals surface area contributed by atoms with Gasteiger partial charge in [-0.25, -0.2) is 0 Å². The van der Waals surface area contributed by atoms with E-state index in [1.54, 1.807) is 0 Å². The first kappa shape index (κ1) is 35.2. The molecule has 1 aromatic heterocycles. The van der Waals surface area contributed by atoms with Gasteiger partial charge in [-0.05, 0) is 112 Å². The van der Waals surface area contributed by atoms with E-state index in [1.165, 1.54) is 105 Å². The maximum absolute atomic E-state index is 2.45. The van der Waals surface area contributed by atoms with Crippen molar-refractivity contribution in [3.8, 4) is 11.1 Å². The summed E-state index contributed by atoms with van der Waals surface area (Å²) in [5.41, 5.74) is 22.1. The Balaban J connectivity index is 1.25. The predicted octanol–water partition coefficient (Wildman–Crippen LogP) is 11.4. The number of nitrogens with zero attached hydrogens (tertiary/aromatic N) is 1. The summed E-state index contributed by atoms with van der Waals surface area (Å²) in [6, 6.07) is 54.2. The van der Waals surface area contributed by atoms with Crippen molar-refractivity contribution in [3.05, 3.63) is 196 Å². The van der Waals surface area contributed by atoms with E-state index < -0.39 is 0 Å². The molecule has 0 aliphatic carbocycles. The Labute approximate surface area is 321 Å². The maximum Gasteiger partial charge on any atom is 0.242 e. The average molecular weight is 698 g/mol. The molecule has 8 aromatic rings. The summed E-state index contributed by atoms with van der Waals surface area (Å²) in [5.74, 6) is 0. The number of fused-ring (bicyclic) bond motifs is 3. The van der Waals surface area contributed by atoms with Gasteiger partial charge in [-0.1, -0.05) is 171 Å². The van der Waals surface area contributed by atoms with Crippen LogP contribution in [0.25, 0.3) is 44.6 Å². The van der Waals surface area contributed by atoms with Gasteiger partial charge in [-0.3, -0.25) is 0 Å². The van der Waals surface area contributed by atoms with Gasteiger partial charge >= 0.3 is 0 Å². The van der Waals surface area contributed by atoms with Crippen molar-refractivity contribution >= 4 is 56.6 Å². The quantitative estimate of drug-likeness (QED) is 0.110. The van der Waals surface area contributed by atoms with E-state index in [2.05, 4.69) is 205 Å². The molecule has 2 heteroatoms. The number of benzene rings is 7. The summed E-state index contributed by atoms with van der Waals surface area (Å²) in [6.45, 7) is 16.8. The van der Waals surface area contributed by atoms with Crippen LogP contribution in [-0.2, 0) is 6.54 Å². The van der Waals surface area contributed by atoms with E-state index in [0.29, 0.717) is 0 Å². The second kappa shape index (κ2) is 14.5. The SMILES string of the molecule is CCn1c2ccc(/C(=C/c3ccccc3)c3ccccc3)cc2c2cc(-c3ccc(B(c4c(C)cc(C)cc4C)c4c(C)cc(C)cc4C)cc3)ccc21. The van der Waals surface area contributed by atoms with E-state index in [9.17, 15) is 0 Å². The lowest BCUT2D eigenvalue weighted by atomic mass is 9.34. The minimum Gasteiger partial charge on any atom is -0.341 e. The van der Waals surface area contributed by atoms with Crippen LogP contribution in [0.5, 0.6) is 0 Å². The molecular formula is C52H48BN. The molecule has 0 unspecified atom stereocenters. The van der Waals surface area contributed by atoms with Crippen LogP contribution in [0, 0.1) is 41.5 Å². The van der Waals surface area contributed by atoms with Crippen LogP contribution in [0.1, 0.15) is 57.0 Å². The third-order valence-corrected chi connectivity index (χ3v) is 11.3. The van der Waals surface area contributed by atoms with E-state index in [0.717, 1.165) is 6.54 Å². The summed E-state index contributed by atoms with van der Waals surface area (Å²) in [7, 11) is 0. The molecule has 0 spiro atoms. The smallest absolute Gasteiger partial charge is 0.242 e. The fourth-order valence-electron chi connectivity index (χ4n) is 9.10. The van der Waals surface area contributed by atoms with Crippen molar-refractivity contribution in [2.75, 3.05) is 0 Å². The second-order valence-electron chi connectivity index (χ2n) is 15.2. The van der Waals surface area contributed by atoms with Crippen LogP contribution in [0.2, 0.25) is 0 Å². The van der Waals surface area contributed by atoms with Gasteiger partial charge in [0.1, 0.15) is 0 Å².